The predicted molar refractivity (Wildman–Crippen MR) is 150 cm³/mol. The molecule has 3 fully saturated rings. The molecule has 2 heterocycles. The molecular formula is C28H34F2N4O5S. The number of carboxylic acid groups (broad SMARTS) is 1. The number of carbonyl (C=O) groups excluding carboxylic acids is 1. The molecule has 2 aromatic rings. The molecule has 1 spiro atoms. The Hall–Kier alpha value is -3.41. The second kappa shape index (κ2) is 10.5. The van der Waals surface area contributed by atoms with Gasteiger partial charge in [-0.2, -0.15) is 0 Å². The van der Waals surface area contributed by atoms with Crippen LogP contribution in [0.5, 0.6) is 0 Å². The summed E-state index contributed by atoms with van der Waals surface area (Å²) in [4.78, 5) is 29.1. The van der Waals surface area contributed by atoms with Crippen molar-refractivity contribution in [1.82, 2.24) is 0 Å². The van der Waals surface area contributed by atoms with E-state index in [1.807, 2.05) is 0 Å². The highest BCUT2D eigenvalue weighted by Gasteiger charge is 2.44. The third kappa shape index (κ3) is 6.16. The lowest BCUT2D eigenvalue weighted by atomic mass is 9.93. The molecule has 3 N–H and O–H groups in total. The van der Waals surface area contributed by atoms with Gasteiger partial charge in [0.15, 0.2) is 0 Å². The topological polar surface area (TPSA) is 119 Å². The molecule has 1 amide bonds. The Bertz CT molecular complexity index is 1410. The maximum atomic E-state index is 13.7. The number of benzene rings is 2. The van der Waals surface area contributed by atoms with Crippen LogP contribution in [-0.4, -0.2) is 63.3 Å². The number of hydrogen-bond acceptors (Lipinski definition) is 6. The van der Waals surface area contributed by atoms with Crippen molar-refractivity contribution in [2.24, 2.45) is 5.41 Å². The number of rotatable bonds is 8. The quantitative estimate of drug-likeness (QED) is 0.404. The Morgan fingerprint density at radius 2 is 1.38 bits per heavy atom. The third-order valence-electron chi connectivity index (χ3n) is 8.34. The van der Waals surface area contributed by atoms with E-state index in [0.717, 1.165) is 25.9 Å². The first kappa shape index (κ1) is 28.1. The van der Waals surface area contributed by atoms with Crippen molar-refractivity contribution in [2.75, 3.05) is 51.8 Å². The molecule has 12 heteroatoms. The molecule has 0 atom stereocenters. The minimum Gasteiger partial charge on any atom is -0.478 e. The van der Waals surface area contributed by atoms with Crippen LogP contribution in [0, 0.1) is 5.41 Å². The van der Waals surface area contributed by atoms with Crippen LogP contribution in [0.4, 0.5) is 31.5 Å². The van der Waals surface area contributed by atoms with Gasteiger partial charge in [-0.25, -0.2) is 22.0 Å². The van der Waals surface area contributed by atoms with Gasteiger partial charge in [-0.05, 0) is 74.4 Å². The van der Waals surface area contributed by atoms with Crippen molar-refractivity contribution < 1.29 is 31.9 Å². The summed E-state index contributed by atoms with van der Waals surface area (Å²) < 4.78 is 54.4. The number of nitrogens with zero attached hydrogens (tertiary/aromatic N) is 2. The molecule has 0 bridgehead atoms. The van der Waals surface area contributed by atoms with Crippen LogP contribution in [0.25, 0.3) is 0 Å². The Morgan fingerprint density at radius 1 is 0.850 bits per heavy atom. The molecule has 40 heavy (non-hydrogen) atoms. The summed E-state index contributed by atoms with van der Waals surface area (Å²) in [6, 6.07) is 9.16. The minimum absolute atomic E-state index is 0.000406. The zero-order chi connectivity index (χ0) is 28.7. The standard InChI is InChI=1S/C28H34F2N4O5S/c1-2-40(38,39)32-20-4-5-21(23(18-20)33-13-9-27(7-8-27)10-14-33)25(35)31-19-3-6-22(26(36)37)24(17-19)34-15-11-28(29,30)12-16-34/h3-6,17-18,32H,2,7-16H2,1H3,(H,31,35)(H,36,37). The van der Waals surface area contributed by atoms with E-state index < -0.39 is 27.8 Å². The average molecular weight is 577 g/mol. The Morgan fingerprint density at radius 3 is 1.95 bits per heavy atom. The number of aromatic carboxylic acids is 1. The van der Waals surface area contributed by atoms with Crippen LogP contribution < -0.4 is 19.8 Å². The lowest BCUT2D eigenvalue weighted by Crippen LogP contribution is -2.40. The molecule has 2 aromatic carbocycles. The van der Waals surface area contributed by atoms with Gasteiger partial charge >= 0.3 is 5.97 Å². The largest absolute Gasteiger partial charge is 0.478 e. The zero-order valence-electron chi connectivity index (χ0n) is 22.4. The minimum atomic E-state index is -3.51. The number of sulfonamides is 1. The van der Waals surface area contributed by atoms with Gasteiger partial charge in [-0.1, -0.05) is 0 Å². The molecule has 1 aliphatic carbocycles. The number of hydrogen-bond donors (Lipinski definition) is 3. The Balaban J connectivity index is 1.42. The number of piperidine rings is 2. The smallest absolute Gasteiger partial charge is 0.337 e. The molecule has 2 aliphatic heterocycles. The normalized spacial score (nSPS) is 19.8. The lowest BCUT2D eigenvalue weighted by Gasteiger charge is -2.35. The van der Waals surface area contributed by atoms with Crippen molar-refractivity contribution in [1.29, 1.82) is 0 Å². The summed E-state index contributed by atoms with van der Waals surface area (Å²) in [5, 5.41) is 12.5. The first-order valence-electron chi connectivity index (χ1n) is 13.6. The number of nitrogens with one attached hydrogen (secondary N) is 2. The fraction of sp³-hybridized carbons (Fsp3) is 0.500. The molecular weight excluding hydrogens is 542 g/mol. The van der Waals surface area contributed by atoms with E-state index >= 15 is 0 Å². The first-order valence-corrected chi connectivity index (χ1v) is 15.3. The highest BCUT2D eigenvalue weighted by molar-refractivity contribution is 7.92. The highest BCUT2D eigenvalue weighted by Crippen LogP contribution is 2.54. The number of carboxylic acids is 1. The first-order chi connectivity index (χ1) is 18.9. The average Bonchev–Trinajstić information content (AvgIpc) is 3.67. The molecule has 0 unspecified atom stereocenters. The number of amides is 1. The molecule has 5 rings (SSSR count). The maximum absolute atomic E-state index is 13.7. The van der Waals surface area contributed by atoms with Crippen LogP contribution in [0.3, 0.4) is 0 Å². The van der Waals surface area contributed by atoms with E-state index in [2.05, 4.69) is 14.9 Å². The van der Waals surface area contributed by atoms with Gasteiger partial charge in [-0.3, -0.25) is 9.52 Å². The van der Waals surface area contributed by atoms with Crippen molar-refractivity contribution in [3.8, 4) is 0 Å². The highest BCUT2D eigenvalue weighted by atomic mass is 32.2. The summed E-state index contributed by atoms with van der Waals surface area (Å²) >= 11 is 0. The number of anilines is 4. The third-order valence-corrected chi connectivity index (χ3v) is 9.65. The predicted octanol–water partition coefficient (Wildman–Crippen LogP) is 5.01. The molecule has 0 aromatic heterocycles. The monoisotopic (exact) mass is 576 g/mol. The molecule has 3 aliphatic rings. The van der Waals surface area contributed by atoms with Crippen molar-refractivity contribution in [2.45, 2.75) is 51.4 Å². The van der Waals surface area contributed by atoms with E-state index in [4.69, 9.17) is 0 Å². The molecule has 2 saturated heterocycles. The van der Waals surface area contributed by atoms with Crippen LogP contribution in [0.1, 0.15) is 66.2 Å². The van der Waals surface area contributed by atoms with E-state index in [1.54, 1.807) is 30.0 Å². The number of halogens is 2. The van der Waals surface area contributed by atoms with E-state index in [0.29, 0.717) is 28.0 Å². The van der Waals surface area contributed by atoms with Crippen LogP contribution >= 0.6 is 0 Å². The van der Waals surface area contributed by atoms with Gasteiger partial charge in [0, 0.05) is 44.7 Å². The Labute approximate surface area is 232 Å². The van der Waals surface area contributed by atoms with Gasteiger partial charge in [0.25, 0.3) is 11.8 Å². The molecule has 9 nitrogen and oxygen atoms in total. The van der Waals surface area contributed by atoms with Crippen molar-refractivity contribution in [3.63, 3.8) is 0 Å². The fourth-order valence-corrected chi connectivity index (χ4v) is 6.15. The van der Waals surface area contributed by atoms with Crippen molar-refractivity contribution in [3.05, 3.63) is 47.5 Å². The number of alkyl halides is 2. The van der Waals surface area contributed by atoms with E-state index in [-0.39, 0.29) is 42.9 Å². The van der Waals surface area contributed by atoms with Gasteiger partial charge in [0.1, 0.15) is 0 Å². The van der Waals surface area contributed by atoms with E-state index in [1.165, 1.54) is 31.0 Å². The van der Waals surface area contributed by atoms with Gasteiger partial charge in [0.2, 0.25) is 10.0 Å². The van der Waals surface area contributed by atoms with Crippen molar-refractivity contribution >= 4 is 44.6 Å². The summed E-state index contributed by atoms with van der Waals surface area (Å²) in [5.74, 6) is -4.49. The van der Waals surface area contributed by atoms with Gasteiger partial charge in [-0.15, -0.1) is 0 Å². The Kier molecular flexibility index (Phi) is 7.41. The van der Waals surface area contributed by atoms with E-state index in [9.17, 15) is 31.9 Å². The van der Waals surface area contributed by atoms with Gasteiger partial charge < -0.3 is 20.2 Å². The fourth-order valence-electron chi connectivity index (χ4n) is 5.52. The molecule has 1 saturated carbocycles. The SMILES string of the molecule is CCS(=O)(=O)Nc1ccc(C(=O)Nc2ccc(C(=O)O)c(N3CCC(F)(F)CC3)c2)c(N2CCC3(CC2)CC3)c1. The molecule has 0 radical (unpaired) electrons. The maximum Gasteiger partial charge on any atom is 0.337 e. The van der Waals surface area contributed by atoms with Crippen LogP contribution in [0.15, 0.2) is 36.4 Å². The molecule has 216 valence electrons. The summed E-state index contributed by atoms with van der Waals surface area (Å²) in [5.41, 5.74) is 2.32. The zero-order valence-corrected chi connectivity index (χ0v) is 23.2. The second-order valence-corrected chi connectivity index (χ2v) is 13.1. The van der Waals surface area contributed by atoms with Gasteiger partial charge in [0.05, 0.1) is 33.9 Å². The van der Waals surface area contributed by atoms with Crippen LogP contribution in [-0.2, 0) is 10.0 Å². The second-order valence-electron chi connectivity index (χ2n) is 11.1. The number of carbonyl (C=O) groups is 2. The lowest BCUT2D eigenvalue weighted by molar-refractivity contribution is -0.0220. The summed E-state index contributed by atoms with van der Waals surface area (Å²) in [6.45, 7) is 3.05. The summed E-state index contributed by atoms with van der Waals surface area (Å²) in [7, 11) is -3.51. The summed E-state index contributed by atoms with van der Waals surface area (Å²) in [6.07, 6.45) is 3.69. The van der Waals surface area contributed by atoms with Crippen LogP contribution in [0.2, 0.25) is 0 Å².